The lowest BCUT2D eigenvalue weighted by atomic mass is 9.66. The molecule has 2 heterocycles. The number of nitrogen functional groups attached to an aromatic ring is 1. The maximum atomic E-state index is 13.3. The molecule has 0 spiro atoms. The van der Waals surface area contributed by atoms with Gasteiger partial charge in [0, 0.05) is 15.2 Å². The third-order valence-corrected chi connectivity index (χ3v) is 7.67. The van der Waals surface area contributed by atoms with E-state index < -0.39 is 27.8 Å². The van der Waals surface area contributed by atoms with Crippen molar-refractivity contribution in [2.24, 2.45) is 5.41 Å². The molecule has 0 radical (unpaired) electrons. The monoisotopic (exact) mass is 426 g/mol. The Morgan fingerprint density at radius 2 is 2.17 bits per heavy atom. The number of hydrogen-bond donors (Lipinski definition) is 2. The molecule has 3 aromatic rings. The number of hydrogen-bond acceptors (Lipinski definition) is 7. The van der Waals surface area contributed by atoms with Crippen molar-refractivity contribution in [2.75, 3.05) is 5.73 Å². The van der Waals surface area contributed by atoms with Crippen molar-refractivity contribution in [2.45, 2.75) is 49.9 Å². The molecule has 3 aliphatic carbocycles. The number of nitrogens with one attached hydrogen (secondary N) is 1. The van der Waals surface area contributed by atoms with Crippen LogP contribution in [0.2, 0.25) is 0 Å². The number of nitrogens with zero attached hydrogens (tertiary/aromatic N) is 5. The molecular weight excluding hydrogens is 402 g/mol. The first-order valence-corrected chi connectivity index (χ1v) is 10.9. The van der Waals surface area contributed by atoms with Gasteiger partial charge in [-0.25, -0.2) is 27.6 Å². The molecule has 154 valence electrons. The minimum atomic E-state index is -3.97. The number of imidazole rings is 1. The quantitative estimate of drug-likeness (QED) is 0.651. The number of sulfonamides is 1. The second-order valence-corrected chi connectivity index (χ2v) is 9.94. The van der Waals surface area contributed by atoms with Crippen molar-refractivity contribution in [3.8, 4) is 17.3 Å². The fourth-order valence-corrected chi connectivity index (χ4v) is 6.23. The van der Waals surface area contributed by atoms with Crippen LogP contribution in [0.3, 0.4) is 0 Å². The van der Waals surface area contributed by atoms with Crippen LogP contribution in [0.5, 0.6) is 0 Å². The van der Waals surface area contributed by atoms with E-state index in [2.05, 4.69) is 25.9 Å². The molecule has 1 aromatic carbocycles. The van der Waals surface area contributed by atoms with Gasteiger partial charge in [-0.05, 0) is 57.2 Å². The molecule has 30 heavy (non-hydrogen) atoms. The first kappa shape index (κ1) is 15.8. The summed E-state index contributed by atoms with van der Waals surface area (Å²) in [7, 11) is -3.97. The molecule has 9 nitrogen and oxygen atoms in total. The first-order valence-electron chi connectivity index (χ1n) is 11.0. The lowest BCUT2D eigenvalue weighted by molar-refractivity contribution is 0.161. The van der Waals surface area contributed by atoms with Crippen LogP contribution in [0.1, 0.15) is 41.2 Å². The molecule has 6 rings (SSSR count). The van der Waals surface area contributed by atoms with E-state index in [0.717, 1.165) is 0 Å². The fraction of sp³-hybridized carbons (Fsp3) is 0.400. The number of nitriles is 1. The van der Waals surface area contributed by atoms with Gasteiger partial charge in [0.25, 0.3) is 0 Å². The highest BCUT2D eigenvalue weighted by atomic mass is 32.2. The smallest absolute Gasteiger partial charge is 0.241 e. The highest BCUT2D eigenvalue weighted by molar-refractivity contribution is 7.89. The second-order valence-electron chi connectivity index (χ2n) is 8.26. The molecule has 2 aromatic heterocycles. The summed E-state index contributed by atoms with van der Waals surface area (Å²) in [5.74, 6) is 0.479. The predicted octanol–water partition coefficient (Wildman–Crippen LogP) is 2.11. The number of aromatic nitrogens is 4. The van der Waals surface area contributed by atoms with Gasteiger partial charge in [-0.15, -0.1) is 0 Å². The summed E-state index contributed by atoms with van der Waals surface area (Å²) in [4.78, 5) is 8.19. The van der Waals surface area contributed by atoms with Crippen LogP contribution in [0.15, 0.2) is 29.3 Å². The van der Waals surface area contributed by atoms with E-state index in [1.165, 1.54) is 28.9 Å². The topological polar surface area (TPSA) is 139 Å². The minimum Gasteiger partial charge on any atom is -0.380 e. The normalized spacial score (nSPS) is 27.1. The average Bonchev–Trinajstić information content (AvgIpc) is 3.38. The third-order valence-electron chi connectivity index (χ3n) is 6.09. The Hall–Kier alpha value is -3.03. The largest absolute Gasteiger partial charge is 0.380 e. The summed E-state index contributed by atoms with van der Waals surface area (Å²) >= 11 is 0. The molecule has 3 N–H and O–H groups in total. The standard InChI is InChI=1S/C20H21N7O2S/c1-12-3-4-14(30(28,29)26-20-6-5-19(9-20,10-20)11-21)7-15(12)16-8-23-18-17(22)24-13(2)25-27(16)18/h3-4,7-8,26H,5-6,9-10H2,1-2H3,(H2,22,24,25)/i1D3. The zero-order valence-electron chi connectivity index (χ0n) is 19.2. The maximum Gasteiger partial charge on any atom is 0.241 e. The highest BCUT2D eigenvalue weighted by Crippen LogP contribution is 2.61. The van der Waals surface area contributed by atoms with E-state index in [0.29, 0.717) is 31.5 Å². The van der Waals surface area contributed by atoms with Gasteiger partial charge in [0.15, 0.2) is 11.5 Å². The van der Waals surface area contributed by atoms with Crippen LogP contribution < -0.4 is 10.5 Å². The molecule has 3 fully saturated rings. The predicted molar refractivity (Wildman–Crippen MR) is 110 cm³/mol. The van der Waals surface area contributed by atoms with Gasteiger partial charge in [-0.2, -0.15) is 10.4 Å². The van der Waals surface area contributed by atoms with Crippen LogP contribution in [0, 0.1) is 30.5 Å². The van der Waals surface area contributed by atoms with Gasteiger partial charge in [-0.3, -0.25) is 0 Å². The lowest BCUT2D eigenvalue weighted by Gasteiger charge is -2.43. The summed E-state index contributed by atoms with van der Waals surface area (Å²) in [6.07, 6.45) is 3.63. The van der Waals surface area contributed by atoms with E-state index in [9.17, 15) is 13.7 Å². The van der Waals surface area contributed by atoms with Crippen molar-refractivity contribution in [3.05, 3.63) is 35.8 Å². The Labute approximate surface area is 178 Å². The summed E-state index contributed by atoms with van der Waals surface area (Å²) in [5.41, 5.74) is 5.52. The van der Waals surface area contributed by atoms with E-state index in [-0.39, 0.29) is 33.2 Å². The minimum absolute atomic E-state index is 0.0377. The first-order chi connectivity index (χ1) is 15.4. The highest BCUT2D eigenvalue weighted by Gasteiger charge is 2.62. The number of rotatable bonds is 4. The number of anilines is 1. The van der Waals surface area contributed by atoms with Crippen LogP contribution in [-0.2, 0) is 10.0 Å². The summed E-state index contributed by atoms with van der Waals surface area (Å²) in [5, 5.41) is 13.6. The molecule has 0 aliphatic heterocycles. The maximum absolute atomic E-state index is 13.3. The Bertz CT molecular complexity index is 1450. The molecule has 0 atom stereocenters. The Kier molecular flexibility index (Phi) is 3.15. The molecule has 0 saturated heterocycles. The van der Waals surface area contributed by atoms with Gasteiger partial charge >= 0.3 is 0 Å². The van der Waals surface area contributed by atoms with E-state index in [4.69, 9.17) is 9.85 Å². The van der Waals surface area contributed by atoms with Gasteiger partial charge in [0.1, 0.15) is 5.82 Å². The number of aryl methyl sites for hydroxylation is 2. The molecule has 0 unspecified atom stereocenters. The van der Waals surface area contributed by atoms with Gasteiger partial charge in [0.05, 0.1) is 28.3 Å². The SMILES string of the molecule is [2H]C([2H])([2H])c1ccc(S(=O)(=O)NC23CCC(C#N)(C2)C3)cc1-c1cnc2c(N)nc(C)nn12. The van der Waals surface area contributed by atoms with Crippen LogP contribution >= 0.6 is 0 Å². The summed E-state index contributed by atoms with van der Waals surface area (Å²) in [6.45, 7) is -0.872. The lowest BCUT2D eigenvalue weighted by Crippen LogP contribution is -2.55. The Morgan fingerprint density at radius 3 is 2.87 bits per heavy atom. The van der Waals surface area contributed by atoms with Crippen molar-refractivity contribution in [3.63, 3.8) is 0 Å². The fourth-order valence-electron chi connectivity index (χ4n) is 4.78. The molecule has 3 saturated carbocycles. The van der Waals surface area contributed by atoms with Gasteiger partial charge in [0.2, 0.25) is 10.0 Å². The van der Waals surface area contributed by atoms with Crippen molar-refractivity contribution >= 4 is 21.5 Å². The van der Waals surface area contributed by atoms with Crippen molar-refractivity contribution in [1.29, 1.82) is 5.26 Å². The molecule has 0 amide bonds. The number of nitrogens with two attached hydrogens (primary N) is 1. The third kappa shape index (κ3) is 2.69. The van der Waals surface area contributed by atoms with E-state index in [1.54, 1.807) is 6.92 Å². The van der Waals surface area contributed by atoms with Gasteiger partial charge < -0.3 is 5.73 Å². The Balaban J connectivity index is 1.62. The molecule has 2 bridgehead atoms. The van der Waals surface area contributed by atoms with Crippen LogP contribution in [-0.4, -0.2) is 33.5 Å². The molecular formula is C20H21N7O2S. The molecule has 3 aliphatic rings. The number of benzene rings is 1. The summed E-state index contributed by atoms with van der Waals surface area (Å²) in [6, 6.07) is 6.20. The van der Waals surface area contributed by atoms with Crippen LogP contribution in [0.25, 0.3) is 16.9 Å². The zero-order chi connectivity index (χ0) is 23.8. The van der Waals surface area contributed by atoms with Gasteiger partial charge in [-0.1, -0.05) is 6.07 Å². The van der Waals surface area contributed by atoms with E-state index >= 15 is 0 Å². The summed E-state index contributed by atoms with van der Waals surface area (Å²) < 4.78 is 54.5. The van der Waals surface area contributed by atoms with Crippen molar-refractivity contribution in [1.82, 2.24) is 24.3 Å². The molecule has 10 heteroatoms. The Morgan fingerprint density at radius 1 is 1.37 bits per heavy atom. The average molecular weight is 427 g/mol. The number of fused-ring (bicyclic) bond motifs is 2. The van der Waals surface area contributed by atoms with Crippen LogP contribution in [0.4, 0.5) is 5.82 Å². The second kappa shape index (κ2) is 6.00. The van der Waals surface area contributed by atoms with E-state index in [1.807, 2.05) is 0 Å². The van der Waals surface area contributed by atoms with Crippen molar-refractivity contribution < 1.29 is 12.5 Å². The zero-order valence-corrected chi connectivity index (χ0v) is 17.0.